The SMILES string of the molecule is CCOC(=O)C(O)(O)C(F)(F)F. The Labute approximate surface area is 65.6 Å². The molecule has 12 heavy (non-hydrogen) atoms. The molecule has 0 aliphatic carbocycles. The first-order valence-corrected chi connectivity index (χ1v) is 2.92. The van der Waals surface area contributed by atoms with E-state index in [-0.39, 0.29) is 6.61 Å². The van der Waals surface area contributed by atoms with Crippen molar-refractivity contribution in [1.82, 2.24) is 0 Å². The van der Waals surface area contributed by atoms with Gasteiger partial charge in [-0.2, -0.15) is 13.2 Å². The number of carbonyl (C=O) groups is 1. The van der Waals surface area contributed by atoms with Crippen LogP contribution >= 0.6 is 0 Å². The molecule has 0 aliphatic rings. The van der Waals surface area contributed by atoms with E-state index < -0.39 is 17.9 Å². The number of aliphatic hydroxyl groups is 2. The van der Waals surface area contributed by atoms with Gasteiger partial charge < -0.3 is 14.9 Å². The lowest BCUT2D eigenvalue weighted by Crippen LogP contribution is -2.52. The van der Waals surface area contributed by atoms with Gasteiger partial charge >= 0.3 is 17.9 Å². The van der Waals surface area contributed by atoms with Crippen LogP contribution in [0.1, 0.15) is 6.92 Å². The third kappa shape index (κ3) is 2.08. The first kappa shape index (κ1) is 11.2. The van der Waals surface area contributed by atoms with Crippen LogP contribution in [0.25, 0.3) is 0 Å². The van der Waals surface area contributed by atoms with Gasteiger partial charge in [0.25, 0.3) is 0 Å². The van der Waals surface area contributed by atoms with Crippen molar-refractivity contribution in [2.45, 2.75) is 18.9 Å². The van der Waals surface area contributed by atoms with E-state index in [9.17, 15) is 18.0 Å². The topological polar surface area (TPSA) is 66.8 Å². The number of carbonyl (C=O) groups excluding carboxylic acids is 1. The highest BCUT2D eigenvalue weighted by atomic mass is 19.4. The van der Waals surface area contributed by atoms with Crippen LogP contribution in [0.4, 0.5) is 13.2 Å². The van der Waals surface area contributed by atoms with Gasteiger partial charge in [0.1, 0.15) is 0 Å². The molecule has 0 fully saturated rings. The van der Waals surface area contributed by atoms with Gasteiger partial charge in [-0.05, 0) is 6.92 Å². The molecule has 0 aromatic rings. The number of esters is 1. The summed E-state index contributed by atoms with van der Waals surface area (Å²) >= 11 is 0. The predicted octanol–water partition coefficient (Wildman–Crippen LogP) is -0.207. The first-order valence-electron chi connectivity index (χ1n) is 2.92. The summed E-state index contributed by atoms with van der Waals surface area (Å²) in [6.45, 7) is 0.877. The van der Waals surface area contributed by atoms with Crippen LogP contribution in [0.5, 0.6) is 0 Å². The maximum atomic E-state index is 11.6. The molecule has 0 aliphatic heterocycles. The smallest absolute Gasteiger partial charge is 0.455 e. The Kier molecular flexibility index (Phi) is 3.05. The van der Waals surface area contributed by atoms with Crippen LogP contribution in [0, 0.1) is 0 Å². The van der Waals surface area contributed by atoms with Crippen molar-refractivity contribution >= 4 is 5.97 Å². The summed E-state index contributed by atoms with van der Waals surface area (Å²) in [7, 11) is 0. The van der Waals surface area contributed by atoms with Gasteiger partial charge in [0, 0.05) is 0 Å². The Balaban J connectivity index is 4.50. The van der Waals surface area contributed by atoms with Gasteiger partial charge in [-0.15, -0.1) is 0 Å². The summed E-state index contributed by atoms with van der Waals surface area (Å²) < 4.78 is 38.6. The second-order valence-corrected chi connectivity index (χ2v) is 1.89. The minimum atomic E-state index is -5.45. The fourth-order valence-corrected chi connectivity index (χ4v) is 0.347. The fraction of sp³-hybridized carbons (Fsp3) is 0.800. The van der Waals surface area contributed by atoms with E-state index in [1.807, 2.05) is 0 Å². The van der Waals surface area contributed by atoms with Crippen molar-refractivity contribution in [3.05, 3.63) is 0 Å². The zero-order chi connectivity index (χ0) is 9.99. The largest absolute Gasteiger partial charge is 0.462 e. The molecule has 0 saturated carbocycles. The Bertz CT molecular complexity index is 174. The Morgan fingerprint density at radius 2 is 1.83 bits per heavy atom. The van der Waals surface area contributed by atoms with Crippen LogP contribution in [-0.2, 0) is 9.53 Å². The van der Waals surface area contributed by atoms with Crippen molar-refractivity contribution < 1.29 is 32.9 Å². The maximum absolute atomic E-state index is 11.6. The minimum Gasteiger partial charge on any atom is -0.462 e. The number of rotatable bonds is 2. The molecule has 72 valence electrons. The van der Waals surface area contributed by atoms with Crippen molar-refractivity contribution in [2.75, 3.05) is 6.61 Å². The quantitative estimate of drug-likeness (QED) is 0.465. The molecule has 7 heteroatoms. The molecule has 0 spiro atoms. The van der Waals surface area contributed by atoms with E-state index in [4.69, 9.17) is 10.2 Å². The number of hydrogen-bond donors (Lipinski definition) is 2. The molecule has 4 nitrogen and oxygen atoms in total. The number of halogens is 3. The van der Waals surface area contributed by atoms with Crippen LogP contribution in [0.3, 0.4) is 0 Å². The Hall–Kier alpha value is -0.820. The molecular formula is C5H7F3O4. The van der Waals surface area contributed by atoms with E-state index in [1.54, 1.807) is 0 Å². The summed E-state index contributed by atoms with van der Waals surface area (Å²) in [6, 6.07) is 0. The highest BCUT2D eigenvalue weighted by Gasteiger charge is 2.60. The third-order valence-electron chi connectivity index (χ3n) is 0.955. The van der Waals surface area contributed by atoms with Gasteiger partial charge in [0.2, 0.25) is 0 Å². The molecule has 0 heterocycles. The first-order chi connectivity index (χ1) is 5.23. The molecule has 0 saturated heterocycles. The van der Waals surface area contributed by atoms with Gasteiger partial charge in [-0.3, -0.25) is 0 Å². The van der Waals surface area contributed by atoms with E-state index in [0.717, 1.165) is 0 Å². The molecule has 0 bridgehead atoms. The predicted molar refractivity (Wildman–Crippen MR) is 29.9 cm³/mol. The van der Waals surface area contributed by atoms with Crippen LogP contribution < -0.4 is 0 Å². The van der Waals surface area contributed by atoms with Gasteiger partial charge in [0.15, 0.2) is 0 Å². The lowest BCUT2D eigenvalue weighted by Gasteiger charge is -2.21. The van der Waals surface area contributed by atoms with Crippen LogP contribution in [0.2, 0.25) is 0 Å². The average molecular weight is 188 g/mol. The second-order valence-electron chi connectivity index (χ2n) is 1.89. The molecule has 0 radical (unpaired) electrons. The van der Waals surface area contributed by atoms with Gasteiger partial charge in [-0.25, -0.2) is 4.79 Å². The van der Waals surface area contributed by atoms with E-state index >= 15 is 0 Å². The normalized spacial score (nSPS) is 12.8. The highest BCUT2D eigenvalue weighted by molar-refractivity contribution is 5.78. The molecule has 0 rings (SSSR count). The number of hydrogen-bond acceptors (Lipinski definition) is 4. The summed E-state index contributed by atoms with van der Waals surface area (Å²) in [6.07, 6.45) is -5.45. The van der Waals surface area contributed by atoms with Crippen molar-refractivity contribution in [2.24, 2.45) is 0 Å². The Morgan fingerprint density at radius 1 is 1.42 bits per heavy atom. The second kappa shape index (κ2) is 3.28. The van der Waals surface area contributed by atoms with E-state index in [1.165, 1.54) is 6.92 Å². The van der Waals surface area contributed by atoms with Crippen molar-refractivity contribution in [1.29, 1.82) is 0 Å². The van der Waals surface area contributed by atoms with Gasteiger partial charge in [-0.1, -0.05) is 0 Å². The molecule has 0 aromatic carbocycles. The van der Waals surface area contributed by atoms with Crippen molar-refractivity contribution in [3.63, 3.8) is 0 Å². The maximum Gasteiger partial charge on any atom is 0.455 e. The summed E-state index contributed by atoms with van der Waals surface area (Å²) in [5, 5.41) is 16.4. The molecule has 0 amide bonds. The monoisotopic (exact) mass is 188 g/mol. The summed E-state index contributed by atoms with van der Waals surface area (Å²) in [5.41, 5.74) is 0. The highest BCUT2D eigenvalue weighted by Crippen LogP contribution is 2.28. The number of alkyl halides is 3. The number of ether oxygens (including phenoxy) is 1. The molecule has 2 N–H and O–H groups in total. The molecule has 0 aromatic heterocycles. The van der Waals surface area contributed by atoms with Crippen LogP contribution in [0.15, 0.2) is 0 Å². The van der Waals surface area contributed by atoms with E-state index in [0.29, 0.717) is 0 Å². The summed E-state index contributed by atoms with van der Waals surface area (Å²) in [4.78, 5) is 10.3. The zero-order valence-corrected chi connectivity index (χ0v) is 6.05. The molecule has 0 unspecified atom stereocenters. The van der Waals surface area contributed by atoms with E-state index in [2.05, 4.69) is 4.74 Å². The van der Waals surface area contributed by atoms with Crippen LogP contribution in [-0.4, -0.2) is 34.8 Å². The van der Waals surface area contributed by atoms with Crippen molar-refractivity contribution in [3.8, 4) is 0 Å². The molecule has 0 atom stereocenters. The van der Waals surface area contributed by atoms with Gasteiger partial charge in [0.05, 0.1) is 6.61 Å². The fourth-order valence-electron chi connectivity index (χ4n) is 0.347. The third-order valence-corrected chi connectivity index (χ3v) is 0.955. The average Bonchev–Trinajstić information content (AvgIpc) is 1.85. The molecular weight excluding hydrogens is 181 g/mol. The minimum absolute atomic E-state index is 0.363. The zero-order valence-electron chi connectivity index (χ0n) is 6.05. The Morgan fingerprint density at radius 3 is 2.08 bits per heavy atom. The lowest BCUT2D eigenvalue weighted by molar-refractivity contribution is -0.337. The standard InChI is InChI=1S/C5H7F3O4/c1-2-12-3(9)4(10,11)5(6,7)8/h10-11H,2H2,1H3. The summed E-state index contributed by atoms with van der Waals surface area (Å²) in [5.74, 6) is -6.54. The lowest BCUT2D eigenvalue weighted by atomic mass is 10.3.